The van der Waals surface area contributed by atoms with Crippen molar-refractivity contribution in [1.82, 2.24) is 0 Å². The Kier molecular flexibility index (Phi) is 4.80. The highest BCUT2D eigenvalue weighted by molar-refractivity contribution is 5.75. The summed E-state index contributed by atoms with van der Waals surface area (Å²) in [5, 5.41) is 9.07. The Hall–Kier alpha value is -1.39. The lowest BCUT2D eigenvalue weighted by molar-refractivity contribution is 0.112. The third-order valence-corrected chi connectivity index (χ3v) is 1.94. The van der Waals surface area contributed by atoms with E-state index in [4.69, 9.17) is 14.6 Å². The molecule has 0 saturated carbocycles. The number of ether oxygens (including phenoxy) is 2. The van der Waals surface area contributed by atoms with Gasteiger partial charge < -0.3 is 14.6 Å². The van der Waals surface area contributed by atoms with Crippen LogP contribution >= 0.6 is 0 Å². The molecule has 0 heterocycles. The summed E-state index contributed by atoms with van der Waals surface area (Å²) in [4.78, 5) is 10.5. The molecule has 0 saturated heterocycles. The van der Waals surface area contributed by atoms with Crippen molar-refractivity contribution in [2.45, 2.75) is 6.61 Å². The van der Waals surface area contributed by atoms with Gasteiger partial charge in [0.1, 0.15) is 18.6 Å². The number of hydrogen-bond donors (Lipinski definition) is 1. The number of benzene rings is 1. The highest BCUT2D eigenvalue weighted by Gasteiger charge is 2.03. The molecule has 0 aliphatic heterocycles. The minimum atomic E-state index is -0.149. The van der Waals surface area contributed by atoms with Crippen molar-refractivity contribution in [3.05, 3.63) is 29.3 Å². The smallest absolute Gasteiger partial charge is 0.150 e. The maximum atomic E-state index is 10.5. The average Bonchev–Trinajstić information content (AvgIpc) is 2.29. The van der Waals surface area contributed by atoms with E-state index in [9.17, 15) is 4.79 Å². The van der Waals surface area contributed by atoms with Crippen LogP contribution < -0.4 is 4.74 Å². The number of aliphatic hydroxyl groups is 1. The summed E-state index contributed by atoms with van der Waals surface area (Å²) in [6, 6.07) is 4.92. The molecule has 0 amide bonds. The van der Waals surface area contributed by atoms with Gasteiger partial charge in [-0.15, -0.1) is 0 Å². The van der Waals surface area contributed by atoms with Gasteiger partial charge in [0.05, 0.1) is 13.2 Å². The zero-order valence-corrected chi connectivity index (χ0v) is 8.60. The Bertz CT molecular complexity index is 322. The lowest BCUT2D eigenvalue weighted by atomic mass is 10.1. The number of methoxy groups -OCH3 is 1. The molecule has 4 heteroatoms. The summed E-state index contributed by atoms with van der Waals surface area (Å²) in [6.45, 7) is 0.758. The summed E-state index contributed by atoms with van der Waals surface area (Å²) in [5.74, 6) is 0.583. The van der Waals surface area contributed by atoms with Crippen LogP contribution in [0.1, 0.15) is 15.9 Å². The first-order valence-corrected chi connectivity index (χ1v) is 4.62. The van der Waals surface area contributed by atoms with Crippen LogP contribution in [0.3, 0.4) is 0 Å². The Morgan fingerprint density at radius 1 is 1.40 bits per heavy atom. The summed E-state index contributed by atoms with van der Waals surface area (Å²) in [5.41, 5.74) is 1.13. The maximum Gasteiger partial charge on any atom is 0.150 e. The minimum Gasteiger partial charge on any atom is -0.491 e. The number of rotatable bonds is 6. The summed E-state index contributed by atoms with van der Waals surface area (Å²) >= 11 is 0. The van der Waals surface area contributed by atoms with Gasteiger partial charge in [-0.05, 0) is 18.2 Å². The van der Waals surface area contributed by atoms with Gasteiger partial charge in [-0.25, -0.2) is 0 Å². The highest BCUT2D eigenvalue weighted by atomic mass is 16.5. The number of carbonyl (C=O) groups is 1. The number of aldehydes is 1. The zero-order valence-electron chi connectivity index (χ0n) is 8.60. The molecule has 0 aromatic heterocycles. The minimum absolute atomic E-state index is 0.149. The number of carbonyl (C=O) groups excluding carboxylic acids is 1. The molecule has 0 fully saturated rings. The normalized spacial score (nSPS) is 10.0. The number of hydrogen-bond acceptors (Lipinski definition) is 4. The van der Waals surface area contributed by atoms with Gasteiger partial charge in [0, 0.05) is 18.2 Å². The average molecular weight is 210 g/mol. The van der Waals surface area contributed by atoms with E-state index in [2.05, 4.69) is 0 Å². The molecule has 0 aliphatic rings. The molecule has 1 aromatic rings. The monoisotopic (exact) mass is 210 g/mol. The van der Waals surface area contributed by atoms with Gasteiger partial charge in [-0.3, -0.25) is 4.79 Å². The Labute approximate surface area is 88.4 Å². The van der Waals surface area contributed by atoms with E-state index in [1.807, 2.05) is 0 Å². The third-order valence-electron chi connectivity index (χ3n) is 1.94. The fraction of sp³-hybridized carbons (Fsp3) is 0.364. The molecule has 1 N–H and O–H groups in total. The Morgan fingerprint density at radius 3 is 2.80 bits per heavy atom. The van der Waals surface area contributed by atoms with Crippen molar-refractivity contribution in [1.29, 1.82) is 0 Å². The molecule has 1 aromatic carbocycles. The molecule has 0 bridgehead atoms. The quantitative estimate of drug-likeness (QED) is 0.562. The van der Waals surface area contributed by atoms with Crippen molar-refractivity contribution in [2.24, 2.45) is 0 Å². The number of aliphatic hydroxyl groups excluding tert-OH is 1. The molecule has 82 valence electrons. The maximum absolute atomic E-state index is 10.5. The van der Waals surface area contributed by atoms with Gasteiger partial charge in [0.15, 0.2) is 0 Å². The van der Waals surface area contributed by atoms with Crippen LogP contribution in [0.5, 0.6) is 5.75 Å². The standard InChI is InChI=1S/C11H14O4/c1-14-4-5-15-11-3-2-9(7-12)6-10(11)8-13/h2-3,6-7,13H,4-5,8H2,1H3. The predicted octanol–water partition coefficient (Wildman–Crippen LogP) is 1.02. The molecule has 0 atom stereocenters. The molecule has 0 unspecified atom stereocenters. The molecule has 1 rings (SSSR count). The van der Waals surface area contributed by atoms with Crippen molar-refractivity contribution >= 4 is 6.29 Å². The van der Waals surface area contributed by atoms with Crippen molar-refractivity contribution in [2.75, 3.05) is 20.3 Å². The topological polar surface area (TPSA) is 55.8 Å². The predicted molar refractivity (Wildman–Crippen MR) is 55.1 cm³/mol. The van der Waals surface area contributed by atoms with E-state index in [-0.39, 0.29) is 6.61 Å². The Balaban J connectivity index is 2.73. The molecular weight excluding hydrogens is 196 g/mol. The van der Waals surface area contributed by atoms with Crippen molar-refractivity contribution in [3.8, 4) is 5.75 Å². The fourth-order valence-electron chi connectivity index (χ4n) is 1.17. The van der Waals surface area contributed by atoms with Gasteiger partial charge in [-0.2, -0.15) is 0 Å². The van der Waals surface area contributed by atoms with E-state index in [0.717, 1.165) is 6.29 Å². The SMILES string of the molecule is COCCOc1ccc(C=O)cc1CO. The largest absolute Gasteiger partial charge is 0.491 e. The van der Waals surface area contributed by atoms with Crippen LogP contribution in [0, 0.1) is 0 Å². The second kappa shape index (κ2) is 6.16. The second-order valence-electron chi connectivity index (χ2n) is 2.98. The summed E-state index contributed by atoms with van der Waals surface area (Å²) in [7, 11) is 1.59. The van der Waals surface area contributed by atoms with Gasteiger partial charge in [0.25, 0.3) is 0 Å². The van der Waals surface area contributed by atoms with Crippen LogP contribution in [-0.2, 0) is 11.3 Å². The lowest BCUT2D eigenvalue weighted by Crippen LogP contribution is -2.06. The van der Waals surface area contributed by atoms with Gasteiger partial charge in [0.2, 0.25) is 0 Å². The van der Waals surface area contributed by atoms with E-state index >= 15 is 0 Å². The first kappa shape index (κ1) is 11.7. The van der Waals surface area contributed by atoms with Crippen LogP contribution in [-0.4, -0.2) is 31.7 Å². The lowest BCUT2D eigenvalue weighted by Gasteiger charge is -2.09. The van der Waals surface area contributed by atoms with Gasteiger partial charge >= 0.3 is 0 Å². The Morgan fingerprint density at radius 2 is 2.20 bits per heavy atom. The van der Waals surface area contributed by atoms with E-state index in [1.165, 1.54) is 0 Å². The van der Waals surface area contributed by atoms with Gasteiger partial charge in [-0.1, -0.05) is 0 Å². The second-order valence-corrected chi connectivity index (χ2v) is 2.98. The molecule has 0 spiro atoms. The van der Waals surface area contributed by atoms with E-state index in [1.54, 1.807) is 25.3 Å². The first-order chi connectivity index (χ1) is 7.31. The molecular formula is C11H14O4. The van der Waals surface area contributed by atoms with Crippen LogP contribution in [0.4, 0.5) is 0 Å². The van der Waals surface area contributed by atoms with Crippen LogP contribution in [0.2, 0.25) is 0 Å². The molecule has 15 heavy (non-hydrogen) atoms. The van der Waals surface area contributed by atoms with Crippen LogP contribution in [0.15, 0.2) is 18.2 Å². The molecule has 4 nitrogen and oxygen atoms in total. The summed E-state index contributed by atoms with van der Waals surface area (Å²) in [6.07, 6.45) is 0.734. The first-order valence-electron chi connectivity index (χ1n) is 4.62. The molecule has 0 aliphatic carbocycles. The zero-order chi connectivity index (χ0) is 11.1. The van der Waals surface area contributed by atoms with E-state index in [0.29, 0.717) is 30.1 Å². The molecule has 0 radical (unpaired) electrons. The van der Waals surface area contributed by atoms with Crippen molar-refractivity contribution in [3.63, 3.8) is 0 Å². The van der Waals surface area contributed by atoms with Crippen molar-refractivity contribution < 1.29 is 19.4 Å². The highest BCUT2D eigenvalue weighted by Crippen LogP contribution is 2.19. The fourth-order valence-corrected chi connectivity index (χ4v) is 1.17. The van der Waals surface area contributed by atoms with E-state index < -0.39 is 0 Å². The third kappa shape index (κ3) is 3.34. The summed E-state index contributed by atoms with van der Waals surface area (Å²) < 4.78 is 10.2. The van der Waals surface area contributed by atoms with Crippen LogP contribution in [0.25, 0.3) is 0 Å².